The SMILES string of the molecule is CCS(=O)(=O)NC(C)c1ccc(S(N)(=O)=O)cc1. The van der Waals surface area contributed by atoms with Crippen molar-refractivity contribution in [3.05, 3.63) is 29.8 Å². The van der Waals surface area contributed by atoms with Crippen molar-refractivity contribution >= 4 is 20.0 Å². The van der Waals surface area contributed by atoms with Crippen LogP contribution in [0.25, 0.3) is 0 Å². The lowest BCUT2D eigenvalue weighted by Crippen LogP contribution is -2.28. The Hall–Kier alpha value is -0.960. The minimum atomic E-state index is -3.72. The van der Waals surface area contributed by atoms with Crippen LogP contribution in [0.2, 0.25) is 0 Å². The summed E-state index contributed by atoms with van der Waals surface area (Å²) in [5, 5.41) is 4.97. The molecule has 0 amide bonds. The summed E-state index contributed by atoms with van der Waals surface area (Å²) in [5.74, 6) is -0.00734. The Morgan fingerprint density at radius 2 is 1.67 bits per heavy atom. The minimum absolute atomic E-state index is 0.00296. The third kappa shape index (κ3) is 4.05. The second-order valence-corrected chi connectivity index (χ2v) is 7.46. The first-order valence-electron chi connectivity index (χ1n) is 5.28. The molecule has 1 atom stereocenters. The molecule has 0 fully saturated rings. The van der Waals surface area contributed by atoms with Gasteiger partial charge < -0.3 is 0 Å². The van der Waals surface area contributed by atoms with Crippen molar-refractivity contribution < 1.29 is 16.8 Å². The van der Waals surface area contributed by atoms with E-state index in [0.717, 1.165) is 0 Å². The highest BCUT2D eigenvalue weighted by Crippen LogP contribution is 2.16. The van der Waals surface area contributed by atoms with Gasteiger partial charge in [-0.3, -0.25) is 0 Å². The summed E-state index contributed by atoms with van der Waals surface area (Å²) in [6.07, 6.45) is 0. The van der Waals surface area contributed by atoms with Crippen LogP contribution in [0, 0.1) is 0 Å². The molecule has 1 rings (SSSR count). The predicted octanol–water partition coefficient (Wildman–Crippen LogP) is 0.334. The molecule has 0 bridgehead atoms. The number of nitrogens with two attached hydrogens (primary N) is 1. The Kier molecular flexibility index (Phi) is 4.49. The first-order chi connectivity index (χ1) is 8.15. The molecule has 0 aliphatic rings. The number of hydrogen-bond acceptors (Lipinski definition) is 4. The minimum Gasteiger partial charge on any atom is -0.225 e. The van der Waals surface area contributed by atoms with Gasteiger partial charge in [-0.05, 0) is 31.5 Å². The zero-order valence-corrected chi connectivity index (χ0v) is 11.8. The number of sulfonamides is 2. The van der Waals surface area contributed by atoms with Gasteiger partial charge in [-0.25, -0.2) is 26.7 Å². The van der Waals surface area contributed by atoms with E-state index in [1.165, 1.54) is 24.3 Å². The number of rotatable bonds is 5. The van der Waals surface area contributed by atoms with Gasteiger partial charge in [0.05, 0.1) is 10.6 Å². The van der Waals surface area contributed by atoms with Crippen molar-refractivity contribution in [1.82, 2.24) is 4.72 Å². The van der Waals surface area contributed by atoms with E-state index in [2.05, 4.69) is 4.72 Å². The lowest BCUT2D eigenvalue weighted by molar-refractivity contribution is 0.567. The zero-order chi connectivity index (χ0) is 14.0. The van der Waals surface area contributed by atoms with E-state index in [4.69, 9.17) is 5.14 Å². The fraction of sp³-hybridized carbons (Fsp3) is 0.400. The molecule has 102 valence electrons. The van der Waals surface area contributed by atoms with Crippen LogP contribution in [0.5, 0.6) is 0 Å². The molecule has 0 aromatic heterocycles. The Morgan fingerprint density at radius 1 is 1.17 bits per heavy atom. The van der Waals surface area contributed by atoms with Gasteiger partial charge in [0.2, 0.25) is 20.0 Å². The molecular formula is C10H16N2O4S2. The molecule has 18 heavy (non-hydrogen) atoms. The predicted molar refractivity (Wildman–Crippen MR) is 68.8 cm³/mol. The summed E-state index contributed by atoms with van der Waals surface area (Å²) >= 11 is 0. The molecule has 1 aromatic rings. The lowest BCUT2D eigenvalue weighted by atomic mass is 10.1. The first-order valence-corrected chi connectivity index (χ1v) is 8.48. The Labute approximate surface area is 107 Å². The first kappa shape index (κ1) is 15.1. The summed E-state index contributed by atoms with van der Waals surface area (Å²) in [4.78, 5) is -0.00296. The molecule has 8 heteroatoms. The third-order valence-electron chi connectivity index (χ3n) is 2.45. The molecule has 1 unspecified atom stereocenters. The quantitative estimate of drug-likeness (QED) is 0.815. The smallest absolute Gasteiger partial charge is 0.225 e. The lowest BCUT2D eigenvalue weighted by Gasteiger charge is -2.14. The number of benzene rings is 1. The highest BCUT2D eigenvalue weighted by Gasteiger charge is 2.14. The van der Waals surface area contributed by atoms with E-state index in [1.54, 1.807) is 13.8 Å². The molecular weight excluding hydrogens is 276 g/mol. The summed E-state index contributed by atoms with van der Waals surface area (Å²) in [5.41, 5.74) is 0.666. The van der Waals surface area contributed by atoms with Gasteiger partial charge in [0.1, 0.15) is 0 Å². The fourth-order valence-electron chi connectivity index (χ4n) is 1.37. The summed E-state index contributed by atoms with van der Waals surface area (Å²) < 4.78 is 47.3. The molecule has 0 aliphatic carbocycles. The van der Waals surface area contributed by atoms with E-state index in [0.29, 0.717) is 5.56 Å². The van der Waals surface area contributed by atoms with Crippen LogP contribution in [0.1, 0.15) is 25.5 Å². The van der Waals surface area contributed by atoms with Gasteiger partial charge in [-0.15, -0.1) is 0 Å². The fourth-order valence-corrected chi connectivity index (χ4v) is 2.72. The van der Waals surface area contributed by atoms with Crippen LogP contribution in [0.3, 0.4) is 0 Å². The number of hydrogen-bond donors (Lipinski definition) is 2. The highest BCUT2D eigenvalue weighted by atomic mass is 32.2. The van der Waals surface area contributed by atoms with Crippen molar-refractivity contribution in [1.29, 1.82) is 0 Å². The van der Waals surface area contributed by atoms with Gasteiger partial charge in [-0.2, -0.15) is 0 Å². The Bertz CT molecular complexity index is 606. The summed E-state index contributed by atoms with van der Waals surface area (Å²) in [7, 11) is -7.02. The van der Waals surface area contributed by atoms with Crippen molar-refractivity contribution in [2.75, 3.05) is 5.75 Å². The molecule has 0 radical (unpaired) electrons. The van der Waals surface area contributed by atoms with Gasteiger partial charge in [-0.1, -0.05) is 12.1 Å². The van der Waals surface area contributed by atoms with E-state index in [1.807, 2.05) is 0 Å². The van der Waals surface area contributed by atoms with E-state index >= 15 is 0 Å². The topological polar surface area (TPSA) is 106 Å². The number of nitrogens with one attached hydrogen (secondary N) is 1. The van der Waals surface area contributed by atoms with Gasteiger partial charge in [0.25, 0.3) is 0 Å². The van der Waals surface area contributed by atoms with Crippen molar-refractivity contribution in [2.45, 2.75) is 24.8 Å². The summed E-state index contributed by atoms with van der Waals surface area (Å²) in [6.45, 7) is 3.22. The van der Waals surface area contributed by atoms with Crippen LogP contribution < -0.4 is 9.86 Å². The molecule has 0 heterocycles. The van der Waals surface area contributed by atoms with Crippen LogP contribution in [0.15, 0.2) is 29.2 Å². The number of primary sulfonamides is 1. The standard InChI is InChI=1S/C10H16N2O4S2/c1-3-17(13,14)12-8(2)9-4-6-10(7-5-9)18(11,15)16/h4-8,12H,3H2,1-2H3,(H2,11,15,16). The van der Waals surface area contributed by atoms with Gasteiger partial charge in [0, 0.05) is 6.04 Å². The molecule has 0 spiro atoms. The van der Waals surface area contributed by atoms with Crippen LogP contribution in [-0.4, -0.2) is 22.6 Å². The van der Waals surface area contributed by atoms with E-state index in [9.17, 15) is 16.8 Å². The monoisotopic (exact) mass is 292 g/mol. The van der Waals surface area contributed by atoms with E-state index in [-0.39, 0.29) is 10.6 Å². The molecule has 0 saturated carbocycles. The summed E-state index contributed by atoms with van der Waals surface area (Å²) in [6, 6.07) is 5.33. The van der Waals surface area contributed by atoms with Crippen LogP contribution in [0.4, 0.5) is 0 Å². The molecule has 0 saturated heterocycles. The molecule has 3 N–H and O–H groups in total. The second-order valence-electron chi connectivity index (χ2n) is 3.86. The second kappa shape index (κ2) is 5.35. The highest BCUT2D eigenvalue weighted by molar-refractivity contribution is 7.89. The molecule has 1 aromatic carbocycles. The normalized spacial score (nSPS) is 14.4. The maximum atomic E-state index is 11.4. The molecule has 0 aliphatic heterocycles. The zero-order valence-electron chi connectivity index (χ0n) is 10.1. The van der Waals surface area contributed by atoms with Gasteiger partial charge >= 0.3 is 0 Å². The average molecular weight is 292 g/mol. The van der Waals surface area contributed by atoms with Crippen LogP contribution in [-0.2, 0) is 20.0 Å². The van der Waals surface area contributed by atoms with Gasteiger partial charge in [0.15, 0.2) is 0 Å². The average Bonchev–Trinajstić information content (AvgIpc) is 2.27. The maximum absolute atomic E-state index is 11.4. The van der Waals surface area contributed by atoms with Crippen molar-refractivity contribution in [3.63, 3.8) is 0 Å². The largest absolute Gasteiger partial charge is 0.238 e. The van der Waals surface area contributed by atoms with E-state index < -0.39 is 26.1 Å². The third-order valence-corrected chi connectivity index (χ3v) is 4.85. The molecule has 6 nitrogen and oxygen atoms in total. The van der Waals surface area contributed by atoms with Crippen LogP contribution >= 0.6 is 0 Å². The maximum Gasteiger partial charge on any atom is 0.238 e. The van der Waals surface area contributed by atoms with Crippen molar-refractivity contribution in [3.8, 4) is 0 Å². The Morgan fingerprint density at radius 3 is 2.06 bits per heavy atom. The Balaban J connectivity index is 2.93. The van der Waals surface area contributed by atoms with Crippen molar-refractivity contribution in [2.24, 2.45) is 5.14 Å².